The maximum atomic E-state index is 2.84. The van der Waals surface area contributed by atoms with Crippen LogP contribution >= 0.6 is 0 Å². The molecule has 3 atom stereocenters. The predicted octanol–water partition coefficient (Wildman–Crippen LogP) is 6.28. The van der Waals surface area contributed by atoms with Crippen LogP contribution < -0.4 is 9.80 Å². The molecule has 0 radical (unpaired) electrons. The second kappa shape index (κ2) is 6.54. The van der Waals surface area contributed by atoms with Crippen LogP contribution in [0.5, 0.6) is 0 Å². The molecule has 1 saturated carbocycles. The van der Waals surface area contributed by atoms with Gasteiger partial charge in [0.15, 0.2) is 0 Å². The molecule has 2 aromatic rings. The van der Waals surface area contributed by atoms with Crippen molar-refractivity contribution < 1.29 is 0 Å². The predicted molar refractivity (Wildman–Crippen MR) is 119 cm³/mol. The number of benzene rings is 2. The highest BCUT2D eigenvalue weighted by atomic mass is 15.5. The van der Waals surface area contributed by atoms with Gasteiger partial charge in [-0.3, -0.25) is 0 Å². The Hall–Kier alpha value is -1.96. The van der Waals surface area contributed by atoms with Crippen molar-refractivity contribution in [3.63, 3.8) is 0 Å². The molecule has 2 nitrogen and oxygen atoms in total. The van der Waals surface area contributed by atoms with Crippen LogP contribution in [0.15, 0.2) is 48.5 Å². The highest BCUT2D eigenvalue weighted by molar-refractivity contribution is 5.71. The number of anilines is 2. The molecular formula is C26H34N2. The molecule has 0 bridgehead atoms. The zero-order valence-corrected chi connectivity index (χ0v) is 17.9. The van der Waals surface area contributed by atoms with E-state index in [2.05, 4.69) is 86.0 Å². The molecule has 28 heavy (non-hydrogen) atoms. The number of hydrogen-bond acceptors (Lipinski definition) is 2. The van der Waals surface area contributed by atoms with Crippen LogP contribution in [0.3, 0.4) is 0 Å². The minimum atomic E-state index is 0.167. The number of rotatable bonds is 2. The highest BCUT2D eigenvalue weighted by Crippen LogP contribution is 2.55. The summed E-state index contributed by atoms with van der Waals surface area (Å²) in [4.78, 5) is 5.64. The summed E-state index contributed by atoms with van der Waals surface area (Å²) in [6.45, 7) is 9.68. The van der Waals surface area contributed by atoms with Crippen molar-refractivity contribution >= 4 is 11.4 Å². The van der Waals surface area contributed by atoms with Gasteiger partial charge in [-0.2, -0.15) is 0 Å². The average molecular weight is 375 g/mol. The molecule has 2 heterocycles. The Bertz CT molecular complexity index is 864. The Balaban J connectivity index is 1.68. The molecule has 2 fully saturated rings. The fourth-order valence-corrected chi connectivity index (χ4v) is 6.67. The smallest absolute Gasteiger partial charge is 0.105 e. The Kier molecular flexibility index (Phi) is 4.23. The Morgan fingerprint density at radius 1 is 0.821 bits per heavy atom. The van der Waals surface area contributed by atoms with Gasteiger partial charge >= 0.3 is 0 Å². The lowest BCUT2D eigenvalue weighted by molar-refractivity contribution is 0.301. The summed E-state index contributed by atoms with van der Waals surface area (Å²) in [5.74, 6) is 0.753. The van der Waals surface area contributed by atoms with Crippen molar-refractivity contribution in [2.45, 2.75) is 83.5 Å². The van der Waals surface area contributed by atoms with E-state index in [0.717, 1.165) is 5.92 Å². The van der Waals surface area contributed by atoms with Crippen LogP contribution in [0.2, 0.25) is 0 Å². The molecule has 2 aromatic carbocycles. The maximum Gasteiger partial charge on any atom is 0.105 e. The lowest BCUT2D eigenvalue weighted by Crippen LogP contribution is -2.47. The molecule has 0 spiro atoms. The normalized spacial score (nSPS) is 29.1. The van der Waals surface area contributed by atoms with Crippen molar-refractivity contribution in [1.82, 2.24) is 0 Å². The van der Waals surface area contributed by atoms with E-state index < -0.39 is 0 Å². The summed E-state index contributed by atoms with van der Waals surface area (Å²) < 4.78 is 0. The van der Waals surface area contributed by atoms with Gasteiger partial charge in [-0.1, -0.05) is 69.5 Å². The van der Waals surface area contributed by atoms with Gasteiger partial charge in [0.2, 0.25) is 0 Å². The molecule has 2 heteroatoms. The molecular weight excluding hydrogens is 340 g/mol. The molecule has 5 rings (SSSR count). The van der Waals surface area contributed by atoms with Crippen LogP contribution in [-0.4, -0.2) is 18.2 Å². The number of fused-ring (bicyclic) bond motifs is 3. The van der Waals surface area contributed by atoms with Gasteiger partial charge in [0.1, 0.15) is 6.17 Å². The average Bonchev–Trinajstić information content (AvgIpc) is 3.14. The third kappa shape index (κ3) is 2.46. The van der Waals surface area contributed by atoms with Gasteiger partial charge in [0.05, 0.1) is 6.04 Å². The molecule has 3 aliphatic rings. The first-order valence-electron chi connectivity index (χ1n) is 11.2. The van der Waals surface area contributed by atoms with E-state index >= 15 is 0 Å². The van der Waals surface area contributed by atoms with Gasteiger partial charge < -0.3 is 9.80 Å². The fraction of sp³-hybridized carbons (Fsp3) is 0.538. The molecule has 1 saturated heterocycles. The third-order valence-electron chi connectivity index (χ3n) is 7.85. The highest BCUT2D eigenvalue weighted by Gasteiger charge is 2.58. The van der Waals surface area contributed by atoms with Crippen LogP contribution in [0, 0.1) is 12.8 Å². The first kappa shape index (κ1) is 18.1. The lowest BCUT2D eigenvalue weighted by Gasteiger charge is -2.41. The van der Waals surface area contributed by atoms with Crippen molar-refractivity contribution in [2.75, 3.05) is 9.80 Å². The number of nitrogens with zero attached hydrogens (tertiary/aromatic N) is 2. The first-order chi connectivity index (χ1) is 13.5. The van der Waals surface area contributed by atoms with Gasteiger partial charge in [0, 0.05) is 22.8 Å². The molecule has 2 aliphatic heterocycles. The van der Waals surface area contributed by atoms with Crippen LogP contribution in [-0.2, 0) is 5.41 Å². The molecule has 0 amide bonds. The maximum absolute atomic E-state index is 2.84. The van der Waals surface area contributed by atoms with E-state index in [1.54, 1.807) is 0 Å². The van der Waals surface area contributed by atoms with Crippen LogP contribution in [0.4, 0.5) is 11.4 Å². The van der Waals surface area contributed by atoms with E-state index in [9.17, 15) is 0 Å². The Morgan fingerprint density at radius 3 is 2.18 bits per heavy atom. The summed E-state index contributed by atoms with van der Waals surface area (Å²) in [6.07, 6.45) is 7.40. The quantitative estimate of drug-likeness (QED) is 0.610. The molecule has 2 unspecified atom stereocenters. The summed E-state index contributed by atoms with van der Waals surface area (Å²) in [6, 6.07) is 19.2. The standard InChI is InChI=1S/C26H34N2/c1-18-12-8-10-16-22(18)27-19(2)24-26(3,4)21-15-9-11-17-23(21)28(24)25(27)20-13-6-5-7-14-20/h8-12,15-17,19-20,24-25H,5-7,13-14H2,1-4H3/t19-,24?,25?/m0/s1. The van der Waals surface area contributed by atoms with Gasteiger partial charge in [-0.25, -0.2) is 0 Å². The second-order valence-electron chi connectivity index (χ2n) is 9.84. The Labute approximate surface area is 170 Å². The summed E-state index contributed by atoms with van der Waals surface area (Å²) in [5, 5.41) is 0. The van der Waals surface area contributed by atoms with Crippen molar-refractivity contribution in [3.05, 3.63) is 59.7 Å². The third-order valence-corrected chi connectivity index (χ3v) is 7.85. The van der Waals surface area contributed by atoms with E-state index in [0.29, 0.717) is 18.2 Å². The largest absolute Gasteiger partial charge is 0.346 e. The van der Waals surface area contributed by atoms with E-state index in [1.165, 1.54) is 54.6 Å². The molecule has 0 aromatic heterocycles. The van der Waals surface area contributed by atoms with E-state index in [-0.39, 0.29) is 5.41 Å². The summed E-state index contributed by atoms with van der Waals surface area (Å²) in [5.41, 5.74) is 6.03. The van der Waals surface area contributed by atoms with Crippen molar-refractivity contribution in [2.24, 2.45) is 5.92 Å². The van der Waals surface area contributed by atoms with Crippen molar-refractivity contribution in [3.8, 4) is 0 Å². The minimum absolute atomic E-state index is 0.167. The van der Waals surface area contributed by atoms with Gasteiger partial charge in [-0.05, 0) is 55.9 Å². The number of aryl methyl sites for hydroxylation is 1. The zero-order chi connectivity index (χ0) is 19.5. The van der Waals surface area contributed by atoms with E-state index in [1.807, 2.05) is 0 Å². The first-order valence-corrected chi connectivity index (χ1v) is 11.2. The van der Waals surface area contributed by atoms with Crippen LogP contribution in [0.25, 0.3) is 0 Å². The fourth-order valence-electron chi connectivity index (χ4n) is 6.67. The zero-order valence-electron chi connectivity index (χ0n) is 17.9. The second-order valence-corrected chi connectivity index (χ2v) is 9.84. The van der Waals surface area contributed by atoms with Gasteiger partial charge in [0.25, 0.3) is 0 Å². The van der Waals surface area contributed by atoms with Crippen LogP contribution in [0.1, 0.15) is 64.0 Å². The lowest BCUT2D eigenvalue weighted by atomic mass is 9.78. The Morgan fingerprint density at radius 2 is 1.46 bits per heavy atom. The topological polar surface area (TPSA) is 6.48 Å². The summed E-state index contributed by atoms with van der Waals surface area (Å²) in [7, 11) is 0. The summed E-state index contributed by atoms with van der Waals surface area (Å²) >= 11 is 0. The van der Waals surface area contributed by atoms with E-state index in [4.69, 9.17) is 0 Å². The minimum Gasteiger partial charge on any atom is -0.346 e. The number of para-hydroxylation sites is 2. The van der Waals surface area contributed by atoms with Gasteiger partial charge in [-0.15, -0.1) is 0 Å². The molecule has 0 N–H and O–H groups in total. The molecule has 1 aliphatic carbocycles. The monoisotopic (exact) mass is 374 g/mol. The number of hydrogen-bond donors (Lipinski definition) is 0. The van der Waals surface area contributed by atoms with Crippen molar-refractivity contribution in [1.29, 1.82) is 0 Å². The molecule has 148 valence electrons. The SMILES string of the molecule is Cc1ccccc1N1C(C2CCCCC2)N2c3ccccc3C(C)(C)C2[C@@H]1C.